The molecule has 0 atom stereocenters. The van der Waals surface area contributed by atoms with E-state index >= 15 is 0 Å². The zero-order valence-electron chi connectivity index (χ0n) is 11.4. The lowest BCUT2D eigenvalue weighted by atomic mass is 9.83. The van der Waals surface area contributed by atoms with Crippen LogP contribution in [0.1, 0.15) is 32.3 Å². The van der Waals surface area contributed by atoms with Crippen LogP contribution in [-0.2, 0) is 0 Å². The Morgan fingerprint density at radius 1 is 1.33 bits per heavy atom. The molecule has 0 saturated carbocycles. The van der Waals surface area contributed by atoms with Gasteiger partial charge in [-0.15, -0.1) is 0 Å². The molecule has 0 amide bonds. The number of nitrogen functional groups attached to an aromatic ring is 1. The third-order valence-electron chi connectivity index (χ3n) is 3.84. The van der Waals surface area contributed by atoms with Gasteiger partial charge in [0.2, 0.25) is 0 Å². The number of hydrogen-bond donors (Lipinski definition) is 3. The molecule has 0 spiro atoms. The maximum atomic E-state index is 9.55. The number of nitrogens with two attached hydrogens (primary N) is 1. The Bertz CT molecular complexity index is 395. The number of nitrogens with one attached hydrogen (secondary N) is 1. The van der Waals surface area contributed by atoms with E-state index in [1.165, 1.54) is 0 Å². The molecule has 18 heavy (non-hydrogen) atoms. The molecule has 0 bridgehead atoms. The molecule has 102 valence electrons. The van der Waals surface area contributed by atoms with Crippen LogP contribution >= 0.6 is 15.9 Å². The lowest BCUT2D eigenvalue weighted by Gasteiger charge is -2.30. The van der Waals surface area contributed by atoms with E-state index in [1.54, 1.807) is 0 Å². The quantitative estimate of drug-likeness (QED) is 0.704. The van der Waals surface area contributed by atoms with E-state index in [1.807, 2.05) is 19.1 Å². The smallest absolute Gasteiger partial charge is 0.0504 e. The highest BCUT2D eigenvalue weighted by Gasteiger charge is 2.25. The number of aliphatic hydroxyl groups is 1. The van der Waals surface area contributed by atoms with Gasteiger partial charge in [-0.2, -0.15) is 0 Å². The minimum Gasteiger partial charge on any atom is -0.398 e. The molecule has 1 rings (SSSR count). The lowest BCUT2D eigenvalue weighted by Crippen LogP contribution is -2.32. The van der Waals surface area contributed by atoms with Gasteiger partial charge in [0.25, 0.3) is 0 Å². The first kappa shape index (κ1) is 15.3. The first-order chi connectivity index (χ1) is 8.48. The lowest BCUT2D eigenvalue weighted by molar-refractivity contribution is 0.127. The van der Waals surface area contributed by atoms with E-state index in [4.69, 9.17) is 5.73 Å². The topological polar surface area (TPSA) is 58.3 Å². The van der Waals surface area contributed by atoms with E-state index in [2.05, 4.69) is 35.1 Å². The van der Waals surface area contributed by atoms with Crippen LogP contribution in [0.4, 0.5) is 11.4 Å². The van der Waals surface area contributed by atoms with Gasteiger partial charge in [-0.1, -0.05) is 13.8 Å². The first-order valence-corrected chi connectivity index (χ1v) is 7.17. The third-order valence-corrected chi connectivity index (χ3v) is 4.50. The Morgan fingerprint density at radius 3 is 2.44 bits per heavy atom. The second-order valence-corrected chi connectivity index (χ2v) is 5.76. The van der Waals surface area contributed by atoms with E-state index in [9.17, 15) is 5.11 Å². The number of hydrogen-bond acceptors (Lipinski definition) is 3. The van der Waals surface area contributed by atoms with Crippen molar-refractivity contribution in [1.82, 2.24) is 0 Å². The summed E-state index contributed by atoms with van der Waals surface area (Å²) >= 11 is 3.51. The Balaban J connectivity index is 2.83. The Kier molecular flexibility index (Phi) is 5.47. The minimum atomic E-state index is -0.0469. The summed E-state index contributed by atoms with van der Waals surface area (Å²) in [6, 6.07) is 3.95. The summed E-state index contributed by atoms with van der Waals surface area (Å²) in [5.74, 6) is 0. The molecule has 0 aromatic heterocycles. The van der Waals surface area contributed by atoms with Gasteiger partial charge < -0.3 is 16.2 Å². The standard InChI is InChI=1S/C14H23BrN2O/c1-4-14(5-2,9-18)8-17-13-6-10(3)12(16)7-11(13)15/h6-7,17-18H,4-5,8-9,16H2,1-3H3. The van der Waals surface area contributed by atoms with Crippen LogP contribution in [0, 0.1) is 12.3 Å². The maximum absolute atomic E-state index is 9.55. The Hall–Kier alpha value is -0.740. The van der Waals surface area contributed by atoms with E-state index in [0.717, 1.165) is 40.8 Å². The van der Waals surface area contributed by atoms with Crippen LogP contribution in [-0.4, -0.2) is 18.3 Å². The fourth-order valence-corrected chi connectivity index (χ4v) is 2.40. The second-order valence-electron chi connectivity index (χ2n) is 4.91. The summed E-state index contributed by atoms with van der Waals surface area (Å²) in [4.78, 5) is 0. The van der Waals surface area contributed by atoms with Gasteiger partial charge in [0.1, 0.15) is 0 Å². The van der Waals surface area contributed by atoms with Crippen molar-refractivity contribution in [2.45, 2.75) is 33.6 Å². The number of rotatable bonds is 6. The molecule has 3 nitrogen and oxygen atoms in total. The van der Waals surface area contributed by atoms with Gasteiger partial charge in [0.05, 0.1) is 6.61 Å². The summed E-state index contributed by atoms with van der Waals surface area (Å²) in [6.07, 6.45) is 1.91. The number of aliphatic hydroxyl groups excluding tert-OH is 1. The van der Waals surface area contributed by atoms with E-state index < -0.39 is 0 Å². The highest BCUT2D eigenvalue weighted by Crippen LogP contribution is 2.31. The molecule has 0 aliphatic heterocycles. The van der Waals surface area contributed by atoms with Crippen molar-refractivity contribution in [3.8, 4) is 0 Å². The number of aryl methyl sites for hydroxylation is 1. The second kappa shape index (κ2) is 6.43. The van der Waals surface area contributed by atoms with Crippen LogP contribution in [0.5, 0.6) is 0 Å². The zero-order valence-corrected chi connectivity index (χ0v) is 13.0. The summed E-state index contributed by atoms with van der Waals surface area (Å²) in [5, 5.41) is 13.0. The highest BCUT2D eigenvalue weighted by atomic mass is 79.9. The first-order valence-electron chi connectivity index (χ1n) is 6.38. The van der Waals surface area contributed by atoms with Gasteiger partial charge >= 0.3 is 0 Å². The van der Waals surface area contributed by atoms with Crippen LogP contribution in [0.2, 0.25) is 0 Å². The molecule has 0 unspecified atom stereocenters. The van der Waals surface area contributed by atoms with Gasteiger partial charge in [0, 0.05) is 27.8 Å². The summed E-state index contributed by atoms with van der Waals surface area (Å²) in [7, 11) is 0. The van der Waals surface area contributed by atoms with Crippen molar-refractivity contribution in [3.05, 3.63) is 22.2 Å². The molecular formula is C14H23BrN2O. The van der Waals surface area contributed by atoms with Crippen LogP contribution in [0.3, 0.4) is 0 Å². The summed E-state index contributed by atoms with van der Waals surface area (Å²) < 4.78 is 0.963. The van der Waals surface area contributed by atoms with Crippen molar-refractivity contribution >= 4 is 27.3 Å². The molecule has 1 aromatic carbocycles. The van der Waals surface area contributed by atoms with Crippen LogP contribution in [0.15, 0.2) is 16.6 Å². The largest absolute Gasteiger partial charge is 0.398 e. The molecule has 0 fully saturated rings. The van der Waals surface area contributed by atoms with Crippen LogP contribution < -0.4 is 11.1 Å². The normalized spacial score (nSPS) is 11.6. The summed E-state index contributed by atoms with van der Waals surface area (Å²) in [6.45, 7) is 7.19. The number of benzene rings is 1. The van der Waals surface area contributed by atoms with E-state index in [-0.39, 0.29) is 12.0 Å². The van der Waals surface area contributed by atoms with Gasteiger partial charge in [0.15, 0.2) is 0 Å². The minimum absolute atomic E-state index is 0.0469. The molecule has 0 aliphatic carbocycles. The number of anilines is 2. The van der Waals surface area contributed by atoms with Gasteiger partial charge in [-0.3, -0.25) is 0 Å². The average Bonchev–Trinajstić information content (AvgIpc) is 2.37. The number of halogens is 1. The fraction of sp³-hybridized carbons (Fsp3) is 0.571. The molecular weight excluding hydrogens is 292 g/mol. The van der Waals surface area contributed by atoms with Gasteiger partial charge in [-0.05, 0) is 53.4 Å². The Labute approximate surface area is 118 Å². The summed E-state index contributed by atoms with van der Waals surface area (Å²) in [5.41, 5.74) is 8.68. The average molecular weight is 315 g/mol. The highest BCUT2D eigenvalue weighted by molar-refractivity contribution is 9.10. The maximum Gasteiger partial charge on any atom is 0.0504 e. The van der Waals surface area contributed by atoms with Gasteiger partial charge in [-0.25, -0.2) is 0 Å². The molecule has 4 heteroatoms. The Morgan fingerprint density at radius 2 is 1.94 bits per heavy atom. The van der Waals surface area contributed by atoms with Crippen molar-refractivity contribution in [2.75, 3.05) is 24.2 Å². The fourth-order valence-electron chi connectivity index (χ4n) is 1.89. The molecule has 0 radical (unpaired) electrons. The van der Waals surface area contributed by atoms with Crippen molar-refractivity contribution in [3.63, 3.8) is 0 Å². The molecule has 1 aromatic rings. The van der Waals surface area contributed by atoms with Crippen LogP contribution in [0.25, 0.3) is 0 Å². The molecule has 0 heterocycles. The third kappa shape index (κ3) is 3.39. The SMILES string of the molecule is CCC(CC)(CO)CNc1cc(C)c(N)cc1Br. The molecule has 0 saturated heterocycles. The monoisotopic (exact) mass is 314 g/mol. The predicted molar refractivity (Wildman–Crippen MR) is 81.9 cm³/mol. The van der Waals surface area contributed by atoms with Crippen molar-refractivity contribution in [2.24, 2.45) is 5.41 Å². The molecule has 0 aliphatic rings. The van der Waals surface area contributed by atoms with Crippen molar-refractivity contribution in [1.29, 1.82) is 0 Å². The predicted octanol–water partition coefficient (Wildman–Crippen LogP) is 3.55. The van der Waals surface area contributed by atoms with Crippen molar-refractivity contribution < 1.29 is 5.11 Å². The van der Waals surface area contributed by atoms with E-state index in [0.29, 0.717) is 0 Å². The zero-order chi connectivity index (χ0) is 13.8. The molecule has 4 N–H and O–H groups in total.